The van der Waals surface area contributed by atoms with Crippen molar-refractivity contribution in [3.63, 3.8) is 0 Å². The highest BCUT2D eigenvalue weighted by Crippen LogP contribution is 2.29. The summed E-state index contributed by atoms with van der Waals surface area (Å²) in [7, 11) is 0. The SMILES string of the molecule is CCC(O)c1cc(F)c(Br)cc1Cl. The summed E-state index contributed by atoms with van der Waals surface area (Å²) in [6, 6.07) is 2.70. The predicted molar refractivity (Wildman–Crippen MR) is 54.4 cm³/mol. The molecule has 0 bridgehead atoms. The number of aliphatic hydroxyl groups is 1. The minimum Gasteiger partial charge on any atom is -0.388 e. The minimum absolute atomic E-state index is 0.310. The molecular formula is C9H9BrClFO. The molecule has 13 heavy (non-hydrogen) atoms. The second-order valence-electron chi connectivity index (χ2n) is 2.71. The summed E-state index contributed by atoms with van der Waals surface area (Å²) in [6.07, 6.45) is -0.184. The molecule has 1 nitrogen and oxygen atoms in total. The lowest BCUT2D eigenvalue weighted by atomic mass is 10.1. The molecule has 0 aliphatic heterocycles. The predicted octanol–water partition coefficient (Wildman–Crippen LogP) is 3.69. The van der Waals surface area contributed by atoms with Crippen LogP contribution in [0.4, 0.5) is 4.39 Å². The van der Waals surface area contributed by atoms with Crippen molar-refractivity contribution in [1.82, 2.24) is 0 Å². The summed E-state index contributed by atoms with van der Waals surface area (Å²) in [4.78, 5) is 0. The Balaban J connectivity index is 3.15. The van der Waals surface area contributed by atoms with E-state index >= 15 is 0 Å². The van der Waals surface area contributed by atoms with Crippen LogP contribution in [0.1, 0.15) is 25.0 Å². The van der Waals surface area contributed by atoms with Gasteiger partial charge in [-0.15, -0.1) is 0 Å². The highest BCUT2D eigenvalue weighted by atomic mass is 79.9. The van der Waals surface area contributed by atoms with Crippen molar-refractivity contribution in [3.05, 3.63) is 33.0 Å². The van der Waals surface area contributed by atoms with E-state index in [2.05, 4.69) is 15.9 Å². The third kappa shape index (κ3) is 2.42. The quantitative estimate of drug-likeness (QED) is 0.810. The van der Waals surface area contributed by atoms with Crippen LogP contribution in [0.25, 0.3) is 0 Å². The maximum Gasteiger partial charge on any atom is 0.137 e. The molecule has 1 atom stereocenters. The van der Waals surface area contributed by atoms with Crippen LogP contribution in [0, 0.1) is 5.82 Å². The lowest BCUT2D eigenvalue weighted by Gasteiger charge is -2.10. The molecule has 0 aliphatic carbocycles. The largest absolute Gasteiger partial charge is 0.388 e. The van der Waals surface area contributed by atoms with Gasteiger partial charge in [-0.1, -0.05) is 18.5 Å². The molecule has 0 fully saturated rings. The van der Waals surface area contributed by atoms with E-state index in [-0.39, 0.29) is 0 Å². The number of aliphatic hydroxyl groups excluding tert-OH is 1. The first-order valence-electron chi connectivity index (χ1n) is 3.88. The summed E-state index contributed by atoms with van der Waals surface area (Å²) >= 11 is 8.83. The Morgan fingerprint density at radius 2 is 2.23 bits per heavy atom. The van der Waals surface area contributed by atoms with E-state index in [1.54, 1.807) is 6.92 Å². The molecule has 1 aromatic carbocycles. The molecule has 1 rings (SSSR count). The van der Waals surface area contributed by atoms with Gasteiger partial charge in [0.25, 0.3) is 0 Å². The van der Waals surface area contributed by atoms with Gasteiger partial charge in [0.1, 0.15) is 5.82 Å². The first kappa shape index (κ1) is 11.0. The van der Waals surface area contributed by atoms with E-state index in [1.165, 1.54) is 12.1 Å². The van der Waals surface area contributed by atoms with Gasteiger partial charge < -0.3 is 5.11 Å². The summed E-state index contributed by atoms with van der Waals surface area (Å²) in [5.41, 5.74) is 0.435. The van der Waals surface area contributed by atoms with Gasteiger partial charge in [0.2, 0.25) is 0 Å². The fourth-order valence-electron chi connectivity index (χ4n) is 1.01. The van der Waals surface area contributed by atoms with Crippen molar-refractivity contribution >= 4 is 27.5 Å². The standard InChI is InChI=1S/C9H9BrClFO/c1-2-9(13)5-3-8(12)6(10)4-7(5)11/h3-4,9,13H,2H2,1H3. The Morgan fingerprint density at radius 1 is 1.62 bits per heavy atom. The summed E-state index contributed by atoms with van der Waals surface area (Å²) in [5, 5.41) is 9.84. The molecule has 72 valence electrons. The minimum atomic E-state index is -0.699. The molecule has 0 aliphatic rings. The summed E-state index contributed by atoms with van der Waals surface area (Å²) < 4.78 is 13.3. The third-order valence-electron chi connectivity index (χ3n) is 1.79. The molecule has 0 saturated carbocycles. The van der Waals surface area contributed by atoms with E-state index in [9.17, 15) is 9.50 Å². The maximum absolute atomic E-state index is 13.0. The number of hydrogen-bond donors (Lipinski definition) is 1. The molecular weight excluding hydrogens is 258 g/mol. The normalized spacial score (nSPS) is 13.0. The third-order valence-corrected chi connectivity index (χ3v) is 2.72. The zero-order valence-electron chi connectivity index (χ0n) is 7.02. The Hall–Kier alpha value is -0.120. The van der Waals surface area contributed by atoms with Crippen LogP contribution >= 0.6 is 27.5 Å². The molecule has 0 amide bonds. The Morgan fingerprint density at radius 3 is 2.77 bits per heavy atom. The lowest BCUT2D eigenvalue weighted by Crippen LogP contribution is -1.97. The van der Waals surface area contributed by atoms with Crippen molar-refractivity contribution < 1.29 is 9.50 Å². The molecule has 0 spiro atoms. The fraction of sp³-hybridized carbons (Fsp3) is 0.333. The van der Waals surface area contributed by atoms with E-state index in [0.29, 0.717) is 21.5 Å². The first-order valence-corrected chi connectivity index (χ1v) is 5.05. The van der Waals surface area contributed by atoms with E-state index < -0.39 is 11.9 Å². The van der Waals surface area contributed by atoms with Crippen molar-refractivity contribution in [1.29, 1.82) is 0 Å². The Kier molecular flexibility index (Phi) is 3.71. The molecule has 0 radical (unpaired) electrons. The van der Waals surface area contributed by atoms with Crippen molar-refractivity contribution in [2.45, 2.75) is 19.4 Å². The van der Waals surface area contributed by atoms with Crippen LogP contribution in [-0.4, -0.2) is 5.11 Å². The van der Waals surface area contributed by atoms with Crippen LogP contribution in [0.3, 0.4) is 0 Å². The van der Waals surface area contributed by atoms with Gasteiger partial charge in [-0.3, -0.25) is 0 Å². The highest BCUT2D eigenvalue weighted by molar-refractivity contribution is 9.10. The number of hydrogen-bond acceptors (Lipinski definition) is 1. The van der Waals surface area contributed by atoms with Crippen molar-refractivity contribution in [2.24, 2.45) is 0 Å². The Labute approximate surface area is 89.7 Å². The highest BCUT2D eigenvalue weighted by Gasteiger charge is 2.12. The van der Waals surface area contributed by atoms with E-state index in [0.717, 1.165) is 0 Å². The number of halogens is 3. The maximum atomic E-state index is 13.0. The van der Waals surface area contributed by atoms with E-state index in [4.69, 9.17) is 11.6 Å². The number of rotatable bonds is 2. The molecule has 1 aromatic rings. The van der Waals surface area contributed by atoms with Gasteiger partial charge in [0.15, 0.2) is 0 Å². The van der Waals surface area contributed by atoms with Crippen LogP contribution < -0.4 is 0 Å². The summed E-state index contributed by atoms with van der Waals surface area (Å²) in [6.45, 7) is 1.81. The lowest BCUT2D eigenvalue weighted by molar-refractivity contribution is 0.173. The molecule has 1 N–H and O–H groups in total. The zero-order valence-corrected chi connectivity index (χ0v) is 9.36. The van der Waals surface area contributed by atoms with Crippen LogP contribution in [0.5, 0.6) is 0 Å². The van der Waals surface area contributed by atoms with Crippen LogP contribution in [0.2, 0.25) is 5.02 Å². The monoisotopic (exact) mass is 266 g/mol. The van der Waals surface area contributed by atoms with Crippen LogP contribution in [0.15, 0.2) is 16.6 Å². The smallest absolute Gasteiger partial charge is 0.137 e. The number of benzene rings is 1. The van der Waals surface area contributed by atoms with Crippen molar-refractivity contribution in [3.8, 4) is 0 Å². The zero-order chi connectivity index (χ0) is 10.0. The average molecular weight is 268 g/mol. The average Bonchev–Trinajstić information content (AvgIpc) is 2.10. The molecule has 0 saturated heterocycles. The summed E-state index contributed by atoms with van der Waals surface area (Å²) in [5.74, 6) is -0.410. The second kappa shape index (κ2) is 4.40. The molecule has 4 heteroatoms. The van der Waals surface area contributed by atoms with Gasteiger partial charge >= 0.3 is 0 Å². The molecule has 0 aromatic heterocycles. The van der Waals surface area contributed by atoms with Gasteiger partial charge in [-0.25, -0.2) is 4.39 Å². The van der Waals surface area contributed by atoms with Gasteiger partial charge in [-0.2, -0.15) is 0 Å². The molecule has 0 heterocycles. The molecule has 1 unspecified atom stereocenters. The van der Waals surface area contributed by atoms with Gasteiger partial charge in [-0.05, 0) is 34.5 Å². The van der Waals surface area contributed by atoms with Gasteiger partial charge in [0, 0.05) is 10.6 Å². The fourth-order valence-corrected chi connectivity index (χ4v) is 1.78. The van der Waals surface area contributed by atoms with Gasteiger partial charge in [0.05, 0.1) is 10.6 Å². The van der Waals surface area contributed by atoms with Crippen LogP contribution in [-0.2, 0) is 0 Å². The first-order chi connectivity index (χ1) is 6.06. The van der Waals surface area contributed by atoms with Crippen molar-refractivity contribution in [2.75, 3.05) is 0 Å². The topological polar surface area (TPSA) is 20.2 Å². The van der Waals surface area contributed by atoms with E-state index in [1.807, 2.05) is 0 Å². The Bertz CT molecular complexity index is 317. The second-order valence-corrected chi connectivity index (χ2v) is 3.97.